The highest BCUT2D eigenvalue weighted by Gasteiger charge is 1.96. The fourth-order valence-electron chi connectivity index (χ4n) is 0.556. The van der Waals surface area contributed by atoms with Gasteiger partial charge in [0.15, 0.2) is 0 Å². The van der Waals surface area contributed by atoms with Gasteiger partial charge >= 0.3 is 0 Å². The van der Waals surface area contributed by atoms with Crippen LogP contribution < -0.4 is 5.73 Å². The molecule has 0 heterocycles. The Labute approximate surface area is 89.8 Å². The number of allylic oxidation sites excluding steroid dienone is 3. The van der Waals surface area contributed by atoms with Crippen molar-refractivity contribution in [1.82, 2.24) is 0 Å². The Bertz CT molecular complexity index is 169. The van der Waals surface area contributed by atoms with E-state index in [-0.39, 0.29) is 0 Å². The molecule has 0 atom stereocenters. The maximum Gasteiger partial charge on any atom is 0.0956 e. The van der Waals surface area contributed by atoms with Crippen molar-refractivity contribution >= 4 is 0 Å². The third kappa shape index (κ3) is 9.17. The maximum atomic E-state index is 5.31. The Hall–Kier alpha value is -0.920. The quantitative estimate of drug-likeness (QED) is 0.544. The lowest BCUT2D eigenvalue weighted by atomic mass is 10.1. The minimum Gasteiger partial charge on any atom is -0.501 e. The van der Waals surface area contributed by atoms with Gasteiger partial charge in [0.1, 0.15) is 0 Å². The molecular formula is C12H27NO. The van der Waals surface area contributed by atoms with Crippen LogP contribution in [0.4, 0.5) is 0 Å². The highest BCUT2D eigenvalue weighted by Crippen LogP contribution is 2.12. The lowest BCUT2D eigenvalue weighted by Crippen LogP contribution is -1.91. The summed E-state index contributed by atoms with van der Waals surface area (Å²) >= 11 is 0. The molecule has 0 aromatic heterocycles. The van der Waals surface area contributed by atoms with Crippen LogP contribution in [0.1, 0.15) is 48.5 Å². The second kappa shape index (κ2) is 14.6. The Morgan fingerprint density at radius 3 is 1.57 bits per heavy atom. The fourth-order valence-corrected chi connectivity index (χ4v) is 0.556. The fraction of sp³-hybridized carbons (Fsp3) is 0.667. The van der Waals surface area contributed by atoms with Crippen molar-refractivity contribution in [2.75, 3.05) is 7.11 Å². The van der Waals surface area contributed by atoms with Crippen LogP contribution in [0.15, 0.2) is 23.1 Å². The van der Waals surface area contributed by atoms with E-state index in [1.165, 1.54) is 0 Å². The van der Waals surface area contributed by atoms with Crippen molar-refractivity contribution in [2.45, 2.75) is 48.5 Å². The molecule has 2 heteroatoms. The Kier molecular flexibility index (Phi) is 19.6. The minimum absolute atomic E-state index is 0.916. The third-order valence-corrected chi connectivity index (χ3v) is 1.68. The van der Waals surface area contributed by atoms with Crippen LogP contribution in [0.25, 0.3) is 0 Å². The van der Waals surface area contributed by atoms with Gasteiger partial charge < -0.3 is 10.5 Å². The molecule has 86 valence electrons. The number of hydrogen-bond donors (Lipinski definition) is 1. The summed E-state index contributed by atoms with van der Waals surface area (Å²) in [4.78, 5) is 0. The van der Waals surface area contributed by atoms with Crippen LogP contribution >= 0.6 is 0 Å². The van der Waals surface area contributed by atoms with Crippen molar-refractivity contribution in [3.05, 3.63) is 23.1 Å². The molecule has 0 unspecified atom stereocenters. The van der Waals surface area contributed by atoms with E-state index in [1.807, 2.05) is 48.5 Å². The summed E-state index contributed by atoms with van der Waals surface area (Å²) in [6, 6.07) is 0. The van der Waals surface area contributed by atoms with Gasteiger partial charge in [0.05, 0.1) is 12.9 Å². The highest BCUT2D eigenvalue weighted by molar-refractivity contribution is 5.27. The van der Waals surface area contributed by atoms with E-state index in [4.69, 9.17) is 10.5 Å². The molecule has 0 saturated heterocycles. The molecular weight excluding hydrogens is 174 g/mol. The minimum atomic E-state index is 0.916. The van der Waals surface area contributed by atoms with Crippen LogP contribution in [0.3, 0.4) is 0 Å². The number of ether oxygens (including phenoxy) is 1. The van der Waals surface area contributed by atoms with Gasteiger partial charge in [0, 0.05) is 0 Å². The van der Waals surface area contributed by atoms with Crippen molar-refractivity contribution in [3.8, 4) is 0 Å². The second-order valence-electron chi connectivity index (χ2n) is 2.23. The Balaban J connectivity index is -0.000000266. The molecule has 0 radical (unpaired) electrons. The van der Waals surface area contributed by atoms with Crippen molar-refractivity contribution in [3.63, 3.8) is 0 Å². The zero-order valence-electron chi connectivity index (χ0n) is 11.1. The average Bonchev–Trinajstić information content (AvgIpc) is 2.31. The summed E-state index contributed by atoms with van der Waals surface area (Å²) in [6.07, 6.45) is 1.58. The van der Waals surface area contributed by atoms with Gasteiger partial charge in [-0.15, -0.1) is 0 Å². The monoisotopic (exact) mass is 201 g/mol. The largest absolute Gasteiger partial charge is 0.501 e. The summed E-state index contributed by atoms with van der Waals surface area (Å²) in [6.45, 7) is 13.9. The molecule has 2 nitrogen and oxygen atoms in total. The molecule has 0 aromatic rings. The van der Waals surface area contributed by atoms with Gasteiger partial charge in [-0.1, -0.05) is 27.7 Å². The number of methoxy groups -OCH3 is 1. The SMILES string of the molecule is CC.CC.CO/C(C)=C(C)/C(C)=C/N. The lowest BCUT2D eigenvalue weighted by molar-refractivity contribution is 0.289. The molecule has 0 aromatic carbocycles. The molecule has 0 bridgehead atoms. The molecule has 0 aliphatic heterocycles. The summed E-state index contributed by atoms with van der Waals surface area (Å²) in [5, 5.41) is 0. The van der Waals surface area contributed by atoms with Gasteiger partial charge in [-0.05, 0) is 38.1 Å². The average molecular weight is 201 g/mol. The van der Waals surface area contributed by atoms with Crippen molar-refractivity contribution < 1.29 is 4.74 Å². The van der Waals surface area contributed by atoms with Gasteiger partial charge in [-0.3, -0.25) is 0 Å². The molecule has 0 fully saturated rings. The van der Waals surface area contributed by atoms with Gasteiger partial charge in [-0.2, -0.15) is 0 Å². The van der Waals surface area contributed by atoms with Crippen LogP contribution in [0.2, 0.25) is 0 Å². The van der Waals surface area contributed by atoms with Crippen LogP contribution in [-0.2, 0) is 4.74 Å². The van der Waals surface area contributed by atoms with Crippen molar-refractivity contribution in [1.29, 1.82) is 0 Å². The molecule has 14 heavy (non-hydrogen) atoms. The summed E-state index contributed by atoms with van der Waals surface area (Å²) in [5.41, 5.74) is 7.47. The van der Waals surface area contributed by atoms with E-state index in [9.17, 15) is 0 Å². The first kappa shape index (κ1) is 18.8. The third-order valence-electron chi connectivity index (χ3n) is 1.68. The topological polar surface area (TPSA) is 35.2 Å². The number of hydrogen-bond acceptors (Lipinski definition) is 2. The summed E-state index contributed by atoms with van der Waals surface area (Å²) in [7, 11) is 1.66. The smallest absolute Gasteiger partial charge is 0.0956 e. The predicted molar refractivity (Wildman–Crippen MR) is 66.0 cm³/mol. The first-order valence-electron chi connectivity index (χ1n) is 5.23. The normalized spacial score (nSPS) is 11.3. The molecule has 2 N–H and O–H groups in total. The Morgan fingerprint density at radius 2 is 1.36 bits per heavy atom. The number of nitrogens with two attached hydrogens (primary N) is 1. The van der Waals surface area contributed by atoms with Gasteiger partial charge in [-0.25, -0.2) is 0 Å². The first-order chi connectivity index (χ1) is 6.63. The van der Waals surface area contributed by atoms with Crippen LogP contribution in [0, 0.1) is 0 Å². The van der Waals surface area contributed by atoms with Gasteiger partial charge in [0.2, 0.25) is 0 Å². The zero-order chi connectivity index (χ0) is 12.1. The molecule has 0 aliphatic carbocycles. The van der Waals surface area contributed by atoms with E-state index < -0.39 is 0 Å². The summed E-state index contributed by atoms with van der Waals surface area (Å²) in [5.74, 6) is 0.916. The summed E-state index contributed by atoms with van der Waals surface area (Å²) < 4.78 is 5.02. The molecule has 0 rings (SSSR count). The first-order valence-corrected chi connectivity index (χ1v) is 5.23. The second-order valence-corrected chi connectivity index (χ2v) is 2.23. The molecule has 0 aliphatic rings. The zero-order valence-corrected chi connectivity index (χ0v) is 11.1. The lowest BCUT2D eigenvalue weighted by Gasteiger charge is -2.05. The van der Waals surface area contributed by atoms with E-state index in [2.05, 4.69) is 0 Å². The van der Waals surface area contributed by atoms with E-state index in [1.54, 1.807) is 13.3 Å². The molecule has 0 amide bonds. The number of rotatable bonds is 2. The van der Waals surface area contributed by atoms with E-state index in [0.717, 1.165) is 16.9 Å². The van der Waals surface area contributed by atoms with Crippen LogP contribution in [0.5, 0.6) is 0 Å². The maximum absolute atomic E-state index is 5.31. The van der Waals surface area contributed by atoms with Gasteiger partial charge in [0.25, 0.3) is 0 Å². The molecule has 0 saturated carbocycles. The standard InChI is InChI=1S/C8H15NO.2C2H6/c1-6(5-9)7(2)8(3)10-4;2*1-2/h5H,9H2,1-4H3;2*1-2H3/b6-5+,8-7+;;. The van der Waals surface area contributed by atoms with Crippen molar-refractivity contribution in [2.24, 2.45) is 5.73 Å². The predicted octanol–water partition coefficient (Wildman–Crippen LogP) is 3.84. The molecule has 0 spiro atoms. The highest BCUT2D eigenvalue weighted by atomic mass is 16.5. The van der Waals surface area contributed by atoms with Crippen LogP contribution in [-0.4, -0.2) is 7.11 Å². The Morgan fingerprint density at radius 1 is 1.00 bits per heavy atom. The van der Waals surface area contributed by atoms with E-state index in [0.29, 0.717) is 0 Å². The van der Waals surface area contributed by atoms with E-state index >= 15 is 0 Å².